The van der Waals surface area contributed by atoms with Crippen molar-refractivity contribution in [3.63, 3.8) is 0 Å². The second-order valence-corrected chi connectivity index (χ2v) is 5.71. The second kappa shape index (κ2) is 7.18. The summed E-state index contributed by atoms with van der Waals surface area (Å²) in [7, 11) is 3.00. The first-order chi connectivity index (χ1) is 12.1. The van der Waals surface area contributed by atoms with E-state index >= 15 is 0 Å². The number of carbonyl (C=O) groups is 1. The molecule has 0 radical (unpaired) electrons. The van der Waals surface area contributed by atoms with Crippen molar-refractivity contribution in [2.75, 3.05) is 14.2 Å². The van der Waals surface area contributed by atoms with Gasteiger partial charge in [0.2, 0.25) is 0 Å². The number of methoxy groups -OCH3 is 2. The van der Waals surface area contributed by atoms with Crippen LogP contribution >= 0.6 is 0 Å². The Hall–Kier alpha value is -3.14. The number of esters is 1. The van der Waals surface area contributed by atoms with Crippen molar-refractivity contribution in [2.24, 2.45) is 0 Å². The first-order valence-electron chi connectivity index (χ1n) is 7.92. The van der Waals surface area contributed by atoms with Crippen molar-refractivity contribution in [1.29, 1.82) is 0 Å². The second-order valence-electron chi connectivity index (χ2n) is 5.71. The van der Waals surface area contributed by atoms with E-state index in [0.29, 0.717) is 11.3 Å². The molecule has 25 heavy (non-hydrogen) atoms. The van der Waals surface area contributed by atoms with Gasteiger partial charge in [-0.1, -0.05) is 29.8 Å². The Morgan fingerprint density at radius 1 is 0.840 bits per heavy atom. The number of nitrogens with zero attached hydrogens (tertiary/aromatic N) is 1. The van der Waals surface area contributed by atoms with Crippen molar-refractivity contribution in [3.05, 3.63) is 71.8 Å². The van der Waals surface area contributed by atoms with Crippen LogP contribution in [0.15, 0.2) is 60.7 Å². The highest BCUT2D eigenvalue weighted by Gasteiger charge is 2.12. The minimum Gasteiger partial charge on any atom is -0.497 e. The maximum atomic E-state index is 12.1. The molecule has 3 rings (SSSR count). The molecule has 4 nitrogen and oxygen atoms in total. The SMILES string of the molecule is COC(=O)c1cc(-c2ccc(C)cc2)nc(-c2ccc(OC)cc2)c1. The van der Waals surface area contributed by atoms with E-state index in [4.69, 9.17) is 14.5 Å². The van der Waals surface area contributed by atoms with E-state index in [1.54, 1.807) is 19.2 Å². The summed E-state index contributed by atoms with van der Waals surface area (Å²) in [5, 5.41) is 0. The zero-order valence-electron chi connectivity index (χ0n) is 14.4. The van der Waals surface area contributed by atoms with E-state index < -0.39 is 0 Å². The lowest BCUT2D eigenvalue weighted by atomic mass is 10.0. The fourth-order valence-corrected chi connectivity index (χ4v) is 2.55. The first kappa shape index (κ1) is 16.7. The zero-order valence-corrected chi connectivity index (χ0v) is 14.4. The predicted octanol–water partition coefficient (Wildman–Crippen LogP) is 4.52. The number of aryl methyl sites for hydroxylation is 1. The van der Waals surface area contributed by atoms with E-state index in [1.807, 2.05) is 55.5 Å². The molecular formula is C21H19NO3. The molecule has 0 unspecified atom stereocenters. The summed E-state index contributed by atoms with van der Waals surface area (Å²) in [6.07, 6.45) is 0. The Kier molecular flexibility index (Phi) is 4.80. The Bertz CT molecular complexity index is 884. The van der Waals surface area contributed by atoms with Crippen LogP contribution in [0.1, 0.15) is 15.9 Å². The van der Waals surface area contributed by atoms with Crippen LogP contribution in [0.5, 0.6) is 5.75 Å². The Morgan fingerprint density at radius 2 is 1.36 bits per heavy atom. The minimum atomic E-state index is -0.384. The maximum absolute atomic E-state index is 12.1. The fourth-order valence-electron chi connectivity index (χ4n) is 2.55. The van der Waals surface area contributed by atoms with Gasteiger partial charge in [-0.3, -0.25) is 0 Å². The predicted molar refractivity (Wildman–Crippen MR) is 97.7 cm³/mol. The van der Waals surface area contributed by atoms with Gasteiger partial charge in [0, 0.05) is 11.1 Å². The van der Waals surface area contributed by atoms with Crippen LogP contribution < -0.4 is 4.74 Å². The molecule has 4 heteroatoms. The van der Waals surface area contributed by atoms with Crippen LogP contribution in [-0.4, -0.2) is 25.2 Å². The number of hydrogen-bond donors (Lipinski definition) is 0. The zero-order chi connectivity index (χ0) is 17.8. The van der Waals surface area contributed by atoms with Gasteiger partial charge in [-0.25, -0.2) is 9.78 Å². The van der Waals surface area contributed by atoms with E-state index in [0.717, 1.165) is 22.6 Å². The molecule has 0 bridgehead atoms. The van der Waals surface area contributed by atoms with Gasteiger partial charge >= 0.3 is 5.97 Å². The molecule has 0 amide bonds. The van der Waals surface area contributed by atoms with Crippen LogP contribution in [0, 0.1) is 6.92 Å². The van der Waals surface area contributed by atoms with Crippen molar-refractivity contribution in [3.8, 4) is 28.3 Å². The summed E-state index contributed by atoms with van der Waals surface area (Å²) < 4.78 is 10.1. The molecule has 1 aromatic heterocycles. The van der Waals surface area contributed by atoms with Crippen LogP contribution in [0.2, 0.25) is 0 Å². The molecule has 0 atom stereocenters. The molecule has 0 aliphatic carbocycles. The number of aromatic nitrogens is 1. The summed E-state index contributed by atoms with van der Waals surface area (Å²) in [6, 6.07) is 19.1. The average Bonchev–Trinajstić information content (AvgIpc) is 2.67. The molecule has 0 fully saturated rings. The topological polar surface area (TPSA) is 48.4 Å². The number of carbonyl (C=O) groups excluding carboxylic acids is 1. The molecular weight excluding hydrogens is 314 g/mol. The van der Waals surface area contributed by atoms with Crippen LogP contribution in [-0.2, 0) is 4.74 Å². The number of pyridine rings is 1. The van der Waals surface area contributed by atoms with Gasteiger partial charge < -0.3 is 9.47 Å². The summed E-state index contributed by atoms with van der Waals surface area (Å²) in [4.78, 5) is 16.8. The van der Waals surface area contributed by atoms with Crippen LogP contribution in [0.3, 0.4) is 0 Å². The highest BCUT2D eigenvalue weighted by atomic mass is 16.5. The molecule has 0 spiro atoms. The maximum Gasteiger partial charge on any atom is 0.338 e. The third-order valence-electron chi connectivity index (χ3n) is 3.98. The number of hydrogen-bond acceptors (Lipinski definition) is 4. The molecule has 3 aromatic rings. The summed E-state index contributed by atoms with van der Waals surface area (Å²) in [5.74, 6) is 0.386. The number of benzene rings is 2. The van der Waals surface area contributed by atoms with Gasteiger partial charge in [-0.2, -0.15) is 0 Å². The lowest BCUT2D eigenvalue weighted by Crippen LogP contribution is -2.03. The first-order valence-corrected chi connectivity index (χ1v) is 7.92. The van der Waals surface area contributed by atoms with E-state index in [-0.39, 0.29) is 5.97 Å². The molecule has 0 aliphatic heterocycles. The van der Waals surface area contributed by atoms with Gasteiger partial charge in [0.25, 0.3) is 0 Å². The van der Waals surface area contributed by atoms with Crippen molar-refractivity contribution in [1.82, 2.24) is 4.98 Å². The van der Waals surface area contributed by atoms with Crippen molar-refractivity contribution < 1.29 is 14.3 Å². The highest BCUT2D eigenvalue weighted by molar-refractivity contribution is 5.92. The van der Waals surface area contributed by atoms with Gasteiger partial charge in [0.1, 0.15) is 5.75 Å². The number of rotatable bonds is 4. The van der Waals surface area contributed by atoms with Gasteiger partial charge in [-0.05, 0) is 43.3 Å². The molecule has 0 N–H and O–H groups in total. The third-order valence-corrected chi connectivity index (χ3v) is 3.98. The van der Waals surface area contributed by atoms with E-state index in [2.05, 4.69) is 0 Å². The molecule has 1 heterocycles. The summed E-state index contributed by atoms with van der Waals surface area (Å²) in [6.45, 7) is 2.03. The van der Waals surface area contributed by atoms with Gasteiger partial charge in [0.15, 0.2) is 0 Å². The largest absolute Gasteiger partial charge is 0.497 e. The molecule has 0 saturated carbocycles. The van der Waals surface area contributed by atoms with Crippen LogP contribution in [0.4, 0.5) is 0 Å². The van der Waals surface area contributed by atoms with Crippen molar-refractivity contribution >= 4 is 5.97 Å². The quantitative estimate of drug-likeness (QED) is 0.659. The third kappa shape index (κ3) is 3.69. The molecule has 2 aromatic carbocycles. The number of ether oxygens (including phenoxy) is 2. The highest BCUT2D eigenvalue weighted by Crippen LogP contribution is 2.26. The van der Waals surface area contributed by atoms with E-state index in [9.17, 15) is 4.79 Å². The lowest BCUT2D eigenvalue weighted by molar-refractivity contribution is 0.0600. The smallest absolute Gasteiger partial charge is 0.338 e. The average molecular weight is 333 g/mol. The minimum absolute atomic E-state index is 0.384. The monoisotopic (exact) mass is 333 g/mol. The van der Waals surface area contributed by atoms with Gasteiger partial charge in [-0.15, -0.1) is 0 Å². The lowest BCUT2D eigenvalue weighted by Gasteiger charge is -2.09. The molecule has 126 valence electrons. The normalized spacial score (nSPS) is 10.4. The molecule has 0 saturated heterocycles. The van der Waals surface area contributed by atoms with Gasteiger partial charge in [0.05, 0.1) is 31.2 Å². The Balaban J connectivity index is 2.12. The summed E-state index contributed by atoms with van der Waals surface area (Å²) >= 11 is 0. The summed E-state index contributed by atoms with van der Waals surface area (Å²) in [5.41, 5.74) is 4.93. The Morgan fingerprint density at radius 3 is 1.84 bits per heavy atom. The van der Waals surface area contributed by atoms with Crippen LogP contribution in [0.25, 0.3) is 22.5 Å². The standard InChI is InChI=1S/C21H19NO3/c1-14-4-6-15(7-5-14)19-12-17(21(23)25-3)13-20(22-19)16-8-10-18(24-2)11-9-16/h4-13H,1-3H3. The van der Waals surface area contributed by atoms with Crippen molar-refractivity contribution in [2.45, 2.75) is 6.92 Å². The fraction of sp³-hybridized carbons (Fsp3) is 0.143. The Labute approximate surface area is 147 Å². The van der Waals surface area contributed by atoms with E-state index in [1.165, 1.54) is 12.7 Å². The molecule has 0 aliphatic rings.